The first-order valence-electron chi connectivity index (χ1n) is 6.68. The highest BCUT2D eigenvalue weighted by atomic mass is 79.9. The van der Waals surface area contributed by atoms with Gasteiger partial charge >= 0.3 is 0 Å². The summed E-state index contributed by atoms with van der Waals surface area (Å²) in [5, 5.41) is 2.34. The van der Waals surface area contributed by atoms with Crippen LogP contribution in [-0.4, -0.2) is 12.5 Å². The molecule has 22 heavy (non-hydrogen) atoms. The highest BCUT2D eigenvalue weighted by Gasteiger charge is 2.08. The van der Waals surface area contributed by atoms with E-state index in [4.69, 9.17) is 4.74 Å². The summed E-state index contributed by atoms with van der Waals surface area (Å²) in [6.07, 6.45) is 0.624. The number of benzene rings is 2. The molecule has 0 saturated heterocycles. The van der Waals surface area contributed by atoms with E-state index < -0.39 is 11.6 Å². The lowest BCUT2D eigenvalue weighted by Gasteiger charge is -2.08. The first-order valence-corrected chi connectivity index (χ1v) is 7.47. The summed E-state index contributed by atoms with van der Waals surface area (Å²) in [6, 6.07) is 10.3. The molecule has 0 spiro atoms. The van der Waals surface area contributed by atoms with Crippen molar-refractivity contribution in [3.05, 3.63) is 58.6 Å². The van der Waals surface area contributed by atoms with Gasteiger partial charge in [0.15, 0.2) is 0 Å². The number of hydrogen-bond donors (Lipinski definition) is 1. The molecule has 0 unspecified atom stereocenters. The summed E-state index contributed by atoms with van der Waals surface area (Å²) in [4.78, 5) is 11.7. The molecule has 0 heterocycles. The number of nitrogens with one attached hydrogen (secondary N) is 1. The number of amides is 1. The lowest BCUT2D eigenvalue weighted by molar-refractivity contribution is -0.116. The quantitative estimate of drug-likeness (QED) is 0.759. The fraction of sp³-hybridized carbons (Fsp3) is 0.188. The van der Waals surface area contributed by atoms with Crippen LogP contribution in [0.1, 0.15) is 12.8 Å². The molecule has 0 radical (unpaired) electrons. The van der Waals surface area contributed by atoms with Crippen LogP contribution in [0.15, 0.2) is 46.9 Å². The summed E-state index contributed by atoms with van der Waals surface area (Å²) in [7, 11) is 0. The van der Waals surface area contributed by atoms with E-state index in [0.29, 0.717) is 18.8 Å². The van der Waals surface area contributed by atoms with Gasteiger partial charge in [-0.05, 0) is 36.8 Å². The molecule has 0 aliphatic rings. The minimum absolute atomic E-state index is 0.155. The molecular weight excluding hydrogens is 356 g/mol. The highest BCUT2D eigenvalue weighted by molar-refractivity contribution is 9.10. The molecule has 0 atom stereocenters. The fourth-order valence-corrected chi connectivity index (χ4v) is 2.16. The van der Waals surface area contributed by atoms with Gasteiger partial charge in [-0.25, -0.2) is 8.78 Å². The maximum atomic E-state index is 13.4. The third-order valence-electron chi connectivity index (χ3n) is 2.82. The zero-order chi connectivity index (χ0) is 15.9. The van der Waals surface area contributed by atoms with Crippen molar-refractivity contribution in [3.63, 3.8) is 0 Å². The molecular formula is C16H14BrF2NO2. The van der Waals surface area contributed by atoms with Gasteiger partial charge in [0.2, 0.25) is 5.91 Å². The lowest BCUT2D eigenvalue weighted by Crippen LogP contribution is -2.14. The van der Waals surface area contributed by atoms with Crippen LogP contribution in [0.5, 0.6) is 5.75 Å². The number of anilines is 1. The van der Waals surface area contributed by atoms with E-state index >= 15 is 0 Å². The van der Waals surface area contributed by atoms with Crippen LogP contribution in [-0.2, 0) is 4.79 Å². The van der Waals surface area contributed by atoms with Crippen LogP contribution in [0.4, 0.5) is 14.5 Å². The topological polar surface area (TPSA) is 38.3 Å². The van der Waals surface area contributed by atoms with Gasteiger partial charge in [0, 0.05) is 17.0 Å². The van der Waals surface area contributed by atoms with Crippen molar-refractivity contribution in [2.24, 2.45) is 0 Å². The molecule has 2 aromatic carbocycles. The van der Waals surface area contributed by atoms with Gasteiger partial charge in [0.05, 0.1) is 12.3 Å². The van der Waals surface area contributed by atoms with E-state index in [-0.39, 0.29) is 18.0 Å². The normalized spacial score (nSPS) is 10.3. The minimum Gasteiger partial charge on any atom is -0.494 e. The van der Waals surface area contributed by atoms with E-state index in [9.17, 15) is 13.6 Å². The Balaban J connectivity index is 1.75. The Bertz CT molecular complexity index is 664. The number of hydrogen-bond acceptors (Lipinski definition) is 2. The second-order valence-corrected chi connectivity index (χ2v) is 5.50. The zero-order valence-corrected chi connectivity index (χ0v) is 13.2. The highest BCUT2D eigenvalue weighted by Crippen LogP contribution is 2.18. The number of carbonyl (C=O) groups is 1. The van der Waals surface area contributed by atoms with Crippen molar-refractivity contribution < 1.29 is 18.3 Å². The van der Waals surface area contributed by atoms with Crippen molar-refractivity contribution in [1.82, 2.24) is 0 Å². The van der Waals surface area contributed by atoms with Gasteiger partial charge in [-0.15, -0.1) is 0 Å². The van der Waals surface area contributed by atoms with Gasteiger partial charge in [-0.3, -0.25) is 4.79 Å². The second kappa shape index (κ2) is 7.89. The number of carbonyl (C=O) groups excluding carboxylic acids is 1. The number of ether oxygens (including phenoxy) is 1. The van der Waals surface area contributed by atoms with Gasteiger partial charge in [-0.1, -0.05) is 22.0 Å². The molecule has 3 nitrogen and oxygen atoms in total. The number of rotatable bonds is 6. The first-order chi connectivity index (χ1) is 10.5. The predicted octanol–water partition coefficient (Wildman–Crippen LogP) is 4.53. The van der Waals surface area contributed by atoms with Crippen LogP contribution in [0, 0.1) is 11.6 Å². The molecule has 0 aliphatic heterocycles. The van der Waals surface area contributed by atoms with Gasteiger partial charge < -0.3 is 10.1 Å². The Morgan fingerprint density at radius 2 is 2.00 bits per heavy atom. The Morgan fingerprint density at radius 1 is 1.18 bits per heavy atom. The van der Waals surface area contributed by atoms with Crippen molar-refractivity contribution in [1.29, 1.82) is 0 Å². The Kier molecular flexibility index (Phi) is 5.89. The monoisotopic (exact) mass is 369 g/mol. The van der Waals surface area contributed by atoms with Gasteiger partial charge in [0.1, 0.15) is 17.4 Å². The van der Waals surface area contributed by atoms with E-state index in [1.165, 1.54) is 0 Å². The fourth-order valence-electron chi connectivity index (χ4n) is 1.79. The summed E-state index contributed by atoms with van der Waals surface area (Å²) < 4.78 is 32.7. The number of halogens is 3. The van der Waals surface area contributed by atoms with Crippen molar-refractivity contribution in [2.75, 3.05) is 11.9 Å². The maximum Gasteiger partial charge on any atom is 0.224 e. The molecule has 2 rings (SSSR count). The summed E-state index contributed by atoms with van der Waals surface area (Å²) in [5.41, 5.74) is -0.155. The summed E-state index contributed by atoms with van der Waals surface area (Å²) in [6.45, 7) is 0.357. The Hall–Kier alpha value is -1.95. The molecule has 1 N–H and O–H groups in total. The molecule has 0 aliphatic carbocycles. The van der Waals surface area contributed by atoms with E-state index in [1.807, 2.05) is 24.3 Å². The molecule has 0 bridgehead atoms. The maximum absolute atomic E-state index is 13.4. The second-order valence-electron chi connectivity index (χ2n) is 4.58. The molecule has 0 fully saturated rings. The lowest BCUT2D eigenvalue weighted by atomic mass is 10.2. The Morgan fingerprint density at radius 3 is 2.77 bits per heavy atom. The molecule has 1 amide bonds. The molecule has 0 aromatic heterocycles. The van der Waals surface area contributed by atoms with Crippen molar-refractivity contribution in [3.8, 4) is 5.75 Å². The van der Waals surface area contributed by atoms with Crippen LogP contribution in [0.25, 0.3) is 0 Å². The molecule has 116 valence electrons. The minimum atomic E-state index is -0.667. The van der Waals surface area contributed by atoms with Gasteiger partial charge in [0.25, 0.3) is 0 Å². The van der Waals surface area contributed by atoms with E-state index in [1.54, 1.807) is 0 Å². The van der Waals surface area contributed by atoms with Crippen LogP contribution in [0.2, 0.25) is 0 Å². The van der Waals surface area contributed by atoms with E-state index in [0.717, 1.165) is 22.7 Å². The molecule has 6 heteroatoms. The molecule has 0 saturated carbocycles. The summed E-state index contributed by atoms with van der Waals surface area (Å²) >= 11 is 3.33. The Labute approximate surface area is 135 Å². The zero-order valence-electron chi connectivity index (χ0n) is 11.6. The van der Waals surface area contributed by atoms with Crippen LogP contribution >= 0.6 is 15.9 Å². The smallest absolute Gasteiger partial charge is 0.224 e. The average molecular weight is 370 g/mol. The third-order valence-corrected chi connectivity index (χ3v) is 3.31. The van der Waals surface area contributed by atoms with Crippen molar-refractivity contribution >= 4 is 27.5 Å². The van der Waals surface area contributed by atoms with Crippen LogP contribution in [0.3, 0.4) is 0 Å². The standard InChI is InChI=1S/C16H14BrF2NO2/c17-11-3-1-4-13(9-11)22-8-2-5-16(21)20-15-10-12(18)6-7-14(15)19/h1,3-4,6-7,9-10H,2,5,8H2,(H,20,21). The third kappa shape index (κ3) is 5.11. The van der Waals surface area contributed by atoms with E-state index in [2.05, 4.69) is 21.2 Å². The predicted molar refractivity (Wildman–Crippen MR) is 83.9 cm³/mol. The largest absolute Gasteiger partial charge is 0.494 e. The average Bonchev–Trinajstić information content (AvgIpc) is 2.48. The van der Waals surface area contributed by atoms with Crippen LogP contribution < -0.4 is 10.1 Å². The van der Waals surface area contributed by atoms with Crippen molar-refractivity contribution in [2.45, 2.75) is 12.8 Å². The van der Waals surface area contributed by atoms with Gasteiger partial charge in [-0.2, -0.15) is 0 Å². The SMILES string of the molecule is O=C(CCCOc1cccc(Br)c1)Nc1cc(F)ccc1F. The first kappa shape index (κ1) is 16.4. The summed E-state index contributed by atoms with van der Waals surface area (Å²) in [5.74, 6) is -0.955. The molecule has 2 aromatic rings.